The number of methoxy groups -OCH3 is 1. The number of anilines is 2. The lowest BCUT2D eigenvalue weighted by molar-refractivity contribution is -0.384. The second-order valence-corrected chi connectivity index (χ2v) is 5.88. The molecule has 2 N–H and O–H groups in total. The van der Waals surface area contributed by atoms with Crippen LogP contribution in [0.15, 0.2) is 48.2 Å². The maximum absolute atomic E-state index is 12.3. The Bertz CT molecular complexity index is 970. The van der Waals surface area contributed by atoms with Crippen LogP contribution in [0.1, 0.15) is 0 Å². The quantitative estimate of drug-likeness (QED) is 0.318. The average Bonchev–Trinajstić information content (AvgIpc) is 2.63. The topological polar surface area (TPSA) is 117 Å². The highest BCUT2D eigenvalue weighted by Crippen LogP contribution is 2.29. The van der Waals surface area contributed by atoms with Crippen LogP contribution in [0.3, 0.4) is 0 Å². The van der Waals surface area contributed by atoms with Gasteiger partial charge in [-0.25, -0.2) is 0 Å². The number of nitriles is 1. The van der Waals surface area contributed by atoms with Crippen LogP contribution in [0.4, 0.5) is 17.1 Å². The largest absolute Gasteiger partial charge is 0.494 e. The third-order valence-corrected chi connectivity index (χ3v) is 3.86. The van der Waals surface area contributed by atoms with E-state index in [1.165, 1.54) is 31.5 Å². The van der Waals surface area contributed by atoms with Gasteiger partial charge in [0, 0.05) is 17.3 Å². The second-order valence-electron chi connectivity index (χ2n) is 5.03. The number of non-ortho nitro benzene ring substituents is 1. The second kappa shape index (κ2) is 8.89. The van der Waals surface area contributed by atoms with E-state index in [2.05, 4.69) is 10.6 Å². The van der Waals surface area contributed by atoms with Gasteiger partial charge in [-0.2, -0.15) is 5.26 Å². The van der Waals surface area contributed by atoms with Crippen molar-refractivity contribution in [1.82, 2.24) is 0 Å². The molecule has 0 saturated heterocycles. The summed E-state index contributed by atoms with van der Waals surface area (Å²) in [6, 6.07) is 10.1. The molecule has 0 fully saturated rings. The maximum Gasteiger partial charge on any atom is 0.273 e. The van der Waals surface area contributed by atoms with Gasteiger partial charge in [-0.1, -0.05) is 23.2 Å². The Morgan fingerprint density at radius 3 is 2.56 bits per heavy atom. The first-order chi connectivity index (χ1) is 12.8. The van der Waals surface area contributed by atoms with E-state index in [9.17, 15) is 20.2 Å². The summed E-state index contributed by atoms with van der Waals surface area (Å²) in [5, 5.41) is 26.0. The number of hydrogen-bond acceptors (Lipinski definition) is 6. The summed E-state index contributed by atoms with van der Waals surface area (Å²) in [5.41, 5.74) is 0.190. The smallest absolute Gasteiger partial charge is 0.273 e. The molecular formula is C17H12Cl2N4O4. The number of ether oxygens (including phenoxy) is 1. The highest BCUT2D eigenvalue weighted by molar-refractivity contribution is 6.36. The molecule has 0 aromatic heterocycles. The van der Waals surface area contributed by atoms with Crippen molar-refractivity contribution in [2.24, 2.45) is 0 Å². The van der Waals surface area contributed by atoms with Crippen LogP contribution in [-0.2, 0) is 4.79 Å². The minimum Gasteiger partial charge on any atom is -0.494 e. The van der Waals surface area contributed by atoms with Crippen molar-refractivity contribution < 1.29 is 14.5 Å². The zero-order chi connectivity index (χ0) is 20.0. The van der Waals surface area contributed by atoms with Gasteiger partial charge < -0.3 is 15.4 Å². The normalized spacial score (nSPS) is 10.7. The molecule has 10 heteroatoms. The van der Waals surface area contributed by atoms with Gasteiger partial charge in [0.1, 0.15) is 17.4 Å². The Kier molecular flexibility index (Phi) is 6.60. The number of nitrogens with zero attached hydrogens (tertiary/aromatic N) is 2. The van der Waals surface area contributed by atoms with Gasteiger partial charge in [-0.15, -0.1) is 0 Å². The van der Waals surface area contributed by atoms with E-state index in [4.69, 9.17) is 27.9 Å². The van der Waals surface area contributed by atoms with Crippen LogP contribution in [0, 0.1) is 21.4 Å². The molecule has 0 aliphatic carbocycles. The predicted octanol–water partition coefficient (Wildman–Crippen LogP) is 4.37. The fraction of sp³-hybridized carbons (Fsp3) is 0.0588. The van der Waals surface area contributed by atoms with Gasteiger partial charge in [0.25, 0.3) is 11.6 Å². The first kappa shape index (κ1) is 20.0. The number of halogens is 2. The van der Waals surface area contributed by atoms with E-state index >= 15 is 0 Å². The first-order valence-corrected chi connectivity index (χ1v) is 8.07. The number of amides is 1. The van der Waals surface area contributed by atoms with Gasteiger partial charge in [-0.05, 0) is 24.3 Å². The third-order valence-electron chi connectivity index (χ3n) is 3.31. The highest BCUT2D eigenvalue weighted by Gasteiger charge is 2.16. The molecule has 27 heavy (non-hydrogen) atoms. The Balaban J connectivity index is 2.20. The molecule has 0 aliphatic rings. The van der Waals surface area contributed by atoms with E-state index in [1.54, 1.807) is 18.2 Å². The van der Waals surface area contributed by atoms with Crippen molar-refractivity contribution in [3.05, 3.63) is 68.3 Å². The Labute approximate surface area is 164 Å². The average molecular weight is 407 g/mol. The molecular weight excluding hydrogens is 395 g/mol. The summed E-state index contributed by atoms with van der Waals surface area (Å²) in [7, 11) is 1.31. The molecule has 1 amide bonds. The molecule has 0 aliphatic heterocycles. The van der Waals surface area contributed by atoms with Gasteiger partial charge in [0.15, 0.2) is 0 Å². The fourth-order valence-electron chi connectivity index (χ4n) is 1.99. The van der Waals surface area contributed by atoms with Crippen LogP contribution < -0.4 is 15.4 Å². The van der Waals surface area contributed by atoms with Gasteiger partial charge >= 0.3 is 0 Å². The molecule has 2 aromatic rings. The molecule has 0 spiro atoms. The van der Waals surface area contributed by atoms with Crippen molar-refractivity contribution >= 4 is 46.2 Å². The number of carbonyl (C=O) groups excluding carboxylic acids is 1. The number of benzene rings is 2. The molecule has 138 valence electrons. The third kappa shape index (κ3) is 5.10. The Morgan fingerprint density at radius 1 is 1.26 bits per heavy atom. The standard InChI is InChI=1S/C17H12Cl2N4O4/c1-27-16-7-12(23(25)26)3-5-15(16)22-17(24)10(8-20)9-21-14-4-2-11(18)6-13(14)19/h2-7,9,21H,1H3,(H,22,24)/b10-9-. The summed E-state index contributed by atoms with van der Waals surface area (Å²) < 4.78 is 5.04. The summed E-state index contributed by atoms with van der Waals surface area (Å²) in [5.74, 6) is -0.647. The summed E-state index contributed by atoms with van der Waals surface area (Å²) in [6.07, 6.45) is 1.18. The molecule has 0 radical (unpaired) electrons. The van der Waals surface area contributed by atoms with Crippen LogP contribution in [-0.4, -0.2) is 17.9 Å². The van der Waals surface area contributed by atoms with Crippen LogP contribution in [0.5, 0.6) is 5.75 Å². The molecule has 0 heterocycles. The van der Waals surface area contributed by atoms with Crippen molar-refractivity contribution in [1.29, 1.82) is 5.26 Å². The molecule has 2 rings (SSSR count). The number of nitro benzene ring substituents is 1. The van der Waals surface area contributed by atoms with Gasteiger partial charge in [0.05, 0.1) is 34.5 Å². The van der Waals surface area contributed by atoms with E-state index in [1.807, 2.05) is 0 Å². The first-order valence-electron chi connectivity index (χ1n) is 7.31. The zero-order valence-corrected chi connectivity index (χ0v) is 15.3. The van der Waals surface area contributed by atoms with Crippen molar-refractivity contribution in [3.8, 4) is 11.8 Å². The van der Waals surface area contributed by atoms with Crippen molar-refractivity contribution in [2.45, 2.75) is 0 Å². The number of rotatable bonds is 6. The van der Waals surface area contributed by atoms with Crippen LogP contribution in [0.2, 0.25) is 10.0 Å². The van der Waals surface area contributed by atoms with Gasteiger partial charge in [-0.3, -0.25) is 14.9 Å². The molecule has 2 aromatic carbocycles. The maximum atomic E-state index is 12.3. The summed E-state index contributed by atoms with van der Waals surface area (Å²) >= 11 is 11.8. The fourth-order valence-corrected chi connectivity index (χ4v) is 2.45. The zero-order valence-electron chi connectivity index (χ0n) is 13.8. The van der Waals surface area contributed by atoms with Crippen LogP contribution >= 0.6 is 23.2 Å². The lowest BCUT2D eigenvalue weighted by Gasteiger charge is -2.10. The Hall–Kier alpha value is -3.28. The number of hydrogen-bond donors (Lipinski definition) is 2. The lowest BCUT2D eigenvalue weighted by atomic mass is 10.2. The minimum atomic E-state index is -0.734. The van der Waals surface area contributed by atoms with E-state index in [-0.39, 0.29) is 22.7 Å². The molecule has 0 bridgehead atoms. The number of nitrogens with one attached hydrogen (secondary N) is 2. The number of nitro groups is 1. The van der Waals surface area contributed by atoms with Crippen LogP contribution in [0.25, 0.3) is 0 Å². The molecule has 8 nitrogen and oxygen atoms in total. The number of carbonyl (C=O) groups is 1. The lowest BCUT2D eigenvalue weighted by Crippen LogP contribution is -2.15. The van der Waals surface area contributed by atoms with Crippen molar-refractivity contribution in [2.75, 3.05) is 17.7 Å². The molecule has 0 saturated carbocycles. The SMILES string of the molecule is COc1cc([N+](=O)[O-])ccc1NC(=O)/C(C#N)=C\Nc1ccc(Cl)cc1Cl. The van der Waals surface area contributed by atoms with E-state index in [0.29, 0.717) is 15.7 Å². The van der Waals surface area contributed by atoms with E-state index < -0.39 is 10.8 Å². The van der Waals surface area contributed by atoms with Crippen molar-refractivity contribution in [3.63, 3.8) is 0 Å². The molecule has 0 atom stereocenters. The minimum absolute atomic E-state index is 0.0866. The van der Waals surface area contributed by atoms with E-state index in [0.717, 1.165) is 6.07 Å². The summed E-state index contributed by atoms with van der Waals surface area (Å²) in [6.45, 7) is 0. The summed E-state index contributed by atoms with van der Waals surface area (Å²) in [4.78, 5) is 22.5. The monoisotopic (exact) mass is 406 g/mol. The molecule has 0 unspecified atom stereocenters. The predicted molar refractivity (Wildman–Crippen MR) is 102 cm³/mol. The highest BCUT2D eigenvalue weighted by atomic mass is 35.5. The Morgan fingerprint density at radius 2 is 1.96 bits per heavy atom. The van der Waals surface area contributed by atoms with Gasteiger partial charge in [0.2, 0.25) is 0 Å².